The van der Waals surface area contributed by atoms with Gasteiger partial charge in [-0.3, -0.25) is 0 Å². The van der Waals surface area contributed by atoms with E-state index >= 15 is 0 Å². The van der Waals surface area contributed by atoms with Crippen LogP contribution in [0.4, 0.5) is 10.5 Å². The Labute approximate surface area is 121 Å². The third-order valence-corrected chi connectivity index (χ3v) is 2.66. The number of hydrogen-bond donors (Lipinski definition) is 4. The highest BCUT2D eigenvalue weighted by Gasteiger charge is 2.19. The van der Waals surface area contributed by atoms with Gasteiger partial charge in [0, 0.05) is 24.8 Å². The van der Waals surface area contributed by atoms with Gasteiger partial charge in [0.15, 0.2) is 11.5 Å². The lowest BCUT2D eigenvalue weighted by molar-refractivity contribution is -0.139. The molecule has 1 aromatic carbocycles. The second-order valence-electron chi connectivity index (χ2n) is 4.07. The summed E-state index contributed by atoms with van der Waals surface area (Å²) >= 11 is 0. The summed E-state index contributed by atoms with van der Waals surface area (Å²) in [5.74, 6) is -0.279. The molecule has 1 rings (SSSR count). The van der Waals surface area contributed by atoms with Crippen LogP contribution in [0.5, 0.6) is 11.5 Å². The van der Waals surface area contributed by atoms with Gasteiger partial charge in [0.05, 0.1) is 14.2 Å². The van der Waals surface area contributed by atoms with Gasteiger partial charge in [0.1, 0.15) is 6.04 Å². The summed E-state index contributed by atoms with van der Waals surface area (Å²) in [6.07, 6.45) is -0.0747. The van der Waals surface area contributed by atoms with E-state index in [0.717, 1.165) is 0 Å². The Morgan fingerprint density at radius 2 is 1.90 bits per heavy atom. The summed E-state index contributed by atoms with van der Waals surface area (Å²) in [5, 5.41) is 22.4. The number of aliphatic carboxylic acids is 1. The smallest absolute Gasteiger partial charge is 0.326 e. The van der Waals surface area contributed by atoms with E-state index < -0.39 is 18.0 Å². The van der Waals surface area contributed by atoms with Gasteiger partial charge in [-0.1, -0.05) is 0 Å². The van der Waals surface area contributed by atoms with Crippen molar-refractivity contribution >= 4 is 17.7 Å². The molecule has 1 atom stereocenters. The zero-order valence-electron chi connectivity index (χ0n) is 11.8. The first kappa shape index (κ1) is 16.6. The van der Waals surface area contributed by atoms with Crippen molar-refractivity contribution in [3.05, 3.63) is 18.2 Å². The molecular formula is C13H18N2O6. The fourth-order valence-corrected chi connectivity index (χ4v) is 1.63. The van der Waals surface area contributed by atoms with Crippen LogP contribution in [-0.2, 0) is 4.79 Å². The van der Waals surface area contributed by atoms with Crippen LogP contribution in [0.15, 0.2) is 18.2 Å². The van der Waals surface area contributed by atoms with E-state index in [1.54, 1.807) is 18.2 Å². The average Bonchev–Trinajstić information content (AvgIpc) is 2.46. The molecule has 1 aromatic rings. The fraction of sp³-hybridized carbons (Fsp3) is 0.385. The maximum atomic E-state index is 11.7. The maximum absolute atomic E-state index is 11.7. The highest BCUT2D eigenvalue weighted by atomic mass is 16.5. The lowest BCUT2D eigenvalue weighted by Gasteiger charge is -2.15. The topological polar surface area (TPSA) is 117 Å². The third-order valence-electron chi connectivity index (χ3n) is 2.66. The zero-order valence-corrected chi connectivity index (χ0v) is 11.8. The van der Waals surface area contributed by atoms with Crippen molar-refractivity contribution in [2.75, 3.05) is 26.1 Å². The number of carboxylic acid groups (broad SMARTS) is 1. The SMILES string of the molecule is COc1ccc(NC(=O)NC(CCO)C(=O)O)cc1OC. The van der Waals surface area contributed by atoms with Gasteiger partial charge >= 0.3 is 12.0 Å². The molecule has 0 aliphatic rings. The number of nitrogens with one attached hydrogen (secondary N) is 2. The maximum Gasteiger partial charge on any atom is 0.326 e. The number of anilines is 1. The third kappa shape index (κ3) is 4.84. The Morgan fingerprint density at radius 1 is 1.24 bits per heavy atom. The van der Waals surface area contributed by atoms with Crippen molar-refractivity contribution in [3.8, 4) is 11.5 Å². The van der Waals surface area contributed by atoms with Gasteiger partial charge in [0.2, 0.25) is 0 Å². The van der Waals surface area contributed by atoms with Crippen LogP contribution in [0.1, 0.15) is 6.42 Å². The Balaban J connectivity index is 2.72. The molecule has 0 saturated carbocycles. The quantitative estimate of drug-likeness (QED) is 0.587. The molecule has 0 radical (unpaired) electrons. The molecule has 0 bridgehead atoms. The van der Waals surface area contributed by atoms with Crippen LogP contribution in [0, 0.1) is 0 Å². The predicted octanol–water partition coefficient (Wildman–Crippen LogP) is 0.661. The number of carbonyl (C=O) groups excluding carboxylic acids is 1. The molecule has 0 aliphatic carbocycles. The van der Waals surface area contributed by atoms with Gasteiger partial charge < -0.3 is 30.3 Å². The van der Waals surface area contributed by atoms with E-state index in [1.807, 2.05) is 0 Å². The highest BCUT2D eigenvalue weighted by Crippen LogP contribution is 2.29. The van der Waals surface area contributed by atoms with Gasteiger partial charge in [-0.05, 0) is 12.1 Å². The number of aliphatic hydroxyl groups is 1. The lowest BCUT2D eigenvalue weighted by Crippen LogP contribution is -2.43. The summed E-state index contributed by atoms with van der Waals surface area (Å²) in [6.45, 7) is -0.340. The second kappa shape index (κ2) is 7.95. The Hall–Kier alpha value is -2.48. The largest absolute Gasteiger partial charge is 0.493 e. The molecule has 0 aliphatic heterocycles. The van der Waals surface area contributed by atoms with E-state index in [1.165, 1.54) is 14.2 Å². The number of ether oxygens (including phenoxy) is 2. The predicted molar refractivity (Wildman–Crippen MR) is 74.8 cm³/mol. The van der Waals surface area contributed by atoms with Crippen LogP contribution in [-0.4, -0.2) is 49.1 Å². The molecule has 0 saturated heterocycles. The Morgan fingerprint density at radius 3 is 2.43 bits per heavy atom. The Bertz CT molecular complexity index is 505. The van der Waals surface area contributed by atoms with E-state index in [2.05, 4.69) is 10.6 Å². The fourth-order valence-electron chi connectivity index (χ4n) is 1.63. The van der Waals surface area contributed by atoms with Crippen LogP contribution < -0.4 is 20.1 Å². The molecule has 2 amide bonds. The number of methoxy groups -OCH3 is 2. The average molecular weight is 298 g/mol. The molecule has 8 heteroatoms. The normalized spacial score (nSPS) is 11.4. The molecule has 0 heterocycles. The molecule has 21 heavy (non-hydrogen) atoms. The van der Waals surface area contributed by atoms with Crippen molar-refractivity contribution in [2.24, 2.45) is 0 Å². The van der Waals surface area contributed by atoms with Crippen LogP contribution in [0.25, 0.3) is 0 Å². The molecule has 0 aromatic heterocycles. The van der Waals surface area contributed by atoms with E-state index in [0.29, 0.717) is 17.2 Å². The molecule has 4 N–H and O–H groups in total. The molecule has 1 unspecified atom stereocenters. The minimum absolute atomic E-state index is 0.0747. The lowest BCUT2D eigenvalue weighted by atomic mass is 10.2. The first-order chi connectivity index (χ1) is 10.0. The van der Waals surface area contributed by atoms with Gasteiger partial charge in [-0.15, -0.1) is 0 Å². The van der Waals surface area contributed by atoms with E-state index in [4.69, 9.17) is 19.7 Å². The zero-order chi connectivity index (χ0) is 15.8. The molecule has 0 fully saturated rings. The number of benzene rings is 1. The second-order valence-corrected chi connectivity index (χ2v) is 4.07. The summed E-state index contributed by atoms with van der Waals surface area (Å²) in [5.41, 5.74) is 0.415. The van der Waals surface area contributed by atoms with Crippen molar-refractivity contribution in [3.63, 3.8) is 0 Å². The van der Waals surface area contributed by atoms with Crippen molar-refractivity contribution in [1.29, 1.82) is 0 Å². The van der Waals surface area contributed by atoms with Gasteiger partial charge in [-0.25, -0.2) is 9.59 Å². The van der Waals surface area contributed by atoms with Crippen LogP contribution >= 0.6 is 0 Å². The van der Waals surface area contributed by atoms with Crippen molar-refractivity contribution in [2.45, 2.75) is 12.5 Å². The van der Waals surface area contributed by atoms with Gasteiger partial charge in [0.25, 0.3) is 0 Å². The molecule has 116 valence electrons. The van der Waals surface area contributed by atoms with Crippen LogP contribution in [0.2, 0.25) is 0 Å². The molecule has 0 spiro atoms. The standard InChI is InChI=1S/C13H18N2O6/c1-20-10-4-3-8(7-11(10)21-2)14-13(19)15-9(5-6-16)12(17)18/h3-4,7,9,16H,5-6H2,1-2H3,(H,17,18)(H2,14,15,19). The number of hydrogen-bond acceptors (Lipinski definition) is 5. The minimum atomic E-state index is -1.22. The van der Waals surface area contributed by atoms with Crippen molar-refractivity contribution in [1.82, 2.24) is 5.32 Å². The van der Waals surface area contributed by atoms with Crippen molar-refractivity contribution < 1.29 is 29.3 Å². The highest BCUT2D eigenvalue weighted by molar-refractivity contribution is 5.92. The number of carbonyl (C=O) groups is 2. The number of urea groups is 1. The van der Waals surface area contributed by atoms with Crippen LogP contribution in [0.3, 0.4) is 0 Å². The Kier molecular flexibility index (Phi) is 6.28. The van der Waals surface area contributed by atoms with E-state index in [-0.39, 0.29) is 13.0 Å². The first-order valence-corrected chi connectivity index (χ1v) is 6.15. The minimum Gasteiger partial charge on any atom is -0.493 e. The first-order valence-electron chi connectivity index (χ1n) is 6.15. The van der Waals surface area contributed by atoms with E-state index in [9.17, 15) is 9.59 Å². The molecular weight excluding hydrogens is 280 g/mol. The summed E-state index contributed by atoms with van der Waals surface area (Å²) in [6, 6.07) is 2.89. The molecule has 8 nitrogen and oxygen atoms in total. The summed E-state index contributed by atoms with van der Waals surface area (Å²) < 4.78 is 10.2. The summed E-state index contributed by atoms with van der Waals surface area (Å²) in [4.78, 5) is 22.6. The van der Waals surface area contributed by atoms with Gasteiger partial charge in [-0.2, -0.15) is 0 Å². The number of amides is 2. The summed E-state index contributed by atoms with van der Waals surface area (Å²) in [7, 11) is 2.95. The number of aliphatic hydroxyl groups excluding tert-OH is 1. The number of carboxylic acids is 1. The number of rotatable bonds is 7. The monoisotopic (exact) mass is 298 g/mol.